The number of nitrogens with two attached hydrogens (primary N) is 1. The van der Waals surface area contributed by atoms with E-state index in [1.165, 1.54) is 17.8 Å². The first-order chi connectivity index (χ1) is 18.0. The van der Waals surface area contributed by atoms with E-state index in [0.717, 1.165) is 16.9 Å². The van der Waals surface area contributed by atoms with Gasteiger partial charge in [-0.1, -0.05) is 41.7 Å². The molecule has 16 heteroatoms. The summed E-state index contributed by atoms with van der Waals surface area (Å²) in [6.07, 6.45) is -3.03. The number of nitrogens with zero attached hydrogens (tertiary/aromatic N) is 3. The highest BCUT2D eigenvalue weighted by molar-refractivity contribution is 8.56. The van der Waals surface area contributed by atoms with Crippen LogP contribution in [-0.4, -0.2) is 71.9 Å². The molecule has 6 N–H and O–H groups in total. The zero-order valence-electron chi connectivity index (χ0n) is 20.4. The van der Waals surface area contributed by atoms with E-state index >= 15 is 0 Å². The predicted octanol–water partition coefficient (Wildman–Crippen LogP) is 0.845. The third-order valence-electron chi connectivity index (χ3n) is 6.44. The van der Waals surface area contributed by atoms with Crippen molar-refractivity contribution >= 4 is 41.2 Å². The summed E-state index contributed by atoms with van der Waals surface area (Å²) in [4.78, 5) is 35.1. The maximum Gasteiger partial charge on any atom is 0.327 e. The third kappa shape index (κ3) is 4.98. The minimum absolute atomic E-state index is 0.0247. The number of fused-ring (bicyclic) bond motifs is 1. The molecule has 0 bridgehead atoms. The summed E-state index contributed by atoms with van der Waals surface area (Å²) in [6.45, 7) is -0.825. The van der Waals surface area contributed by atoms with Gasteiger partial charge >= 0.3 is 12.7 Å². The van der Waals surface area contributed by atoms with Gasteiger partial charge in [0, 0.05) is 5.75 Å². The Morgan fingerprint density at radius 1 is 1.42 bits per heavy atom. The average Bonchev–Trinajstić information content (AvgIpc) is 3.54. The van der Waals surface area contributed by atoms with E-state index in [2.05, 4.69) is 20.0 Å². The first kappa shape index (κ1) is 26.8. The molecule has 14 nitrogen and oxygen atoms in total. The number of hydrogen-bond donors (Lipinski definition) is 5. The molecule has 2 aromatic heterocycles. The maximum atomic E-state index is 13.2. The normalized spacial score (nSPS) is 32.0. The number of benzene rings is 1. The highest BCUT2D eigenvalue weighted by Crippen LogP contribution is 2.61. The van der Waals surface area contributed by atoms with Crippen LogP contribution in [0.3, 0.4) is 0 Å². The van der Waals surface area contributed by atoms with Gasteiger partial charge in [0.2, 0.25) is 5.95 Å². The standard InChI is InChI=1S/C22H27N6O8PS/c1-11(12-6-4-3-5-7-12)35-19(31)13-9-38-37(33,27-13)34-8-14-16(29)22(2,32)20(36-14)28-10-24-15-17(28)25-21(23)26-18(15)30/h3-7,10-11,13-14,16,20,29,32H,8-9H2,1-2H3,(H,27,33)(H3,23,25,26,30)/t11-,13?,14-,16-,20-,22-,37+/m1/s1. The second-order valence-corrected chi connectivity index (χ2v) is 13.6. The van der Waals surface area contributed by atoms with Crippen molar-refractivity contribution in [3.05, 3.63) is 52.6 Å². The summed E-state index contributed by atoms with van der Waals surface area (Å²) >= 11 is 0.937. The summed E-state index contributed by atoms with van der Waals surface area (Å²) < 4.78 is 31.5. The molecule has 38 heavy (non-hydrogen) atoms. The van der Waals surface area contributed by atoms with E-state index in [9.17, 15) is 24.4 Å². The molecule has 0 saturated carbocycles. The lowest BCUT2D eigenvalue weighted by Crippen LogP contribution is -2.44. The Balaban J connectivity index is 1.23. The molecule has 4 heterocycles. The first-order valence-corrected chi connectivity index (χ1v) is 14.9. The third-order valence-corrected chi connectivity index (χ3v) is 10.5. The molecule has 2 aliphatic heterocycles. The molecule has 0 aliphatic carbocycles. The second-order valence-electron chi connectivity index (χ2n) is 9.23. The number of ether oxygens (including phenoxy) is 2. The number of aliphatic hydroxyl groups is 2. The lowest BCUT2D eigenvalue weighted by molar-refractivity contribution is -0.150. The topological polar surface area (TPSA) is 204 Å². The number of carbonyl (C=O) groups is 1. The summed E-state index contributed by atoms with van der Waals surface area (Å²) in [5.41, 5.74) is 4.07. The number of esters is 1. The van der Waals surface area contributed by atoms with Gasteiger partial charge in [0.1, 0.15) is 30.0 Å². The van der Waals surface area contributed by atoms with Crippen LogP contribution in [0.25, 0.3) is 11.2 Å². The van der Waals surface area contributed by atoms with E-state index in [-0.39, 0.29) is 29.5 Å². The quantitative estimate of drug-likeness (QED) is 0.199. The molecular formula is C22H27N6O8PS. The van der Waals surface area contributed by atoms with Crippen molar-refractivity contribution in [3.63, 3.8) is 0 Å². The van der Waals surface area contributed by atoms with Gasteiger partial charge in [-0.3, -0.25) is 23.7 Å². The maximum absolute atomic E-state index is 13.2. The van der Waals surface area contributed by atoms with Gasteiger partial charge in [-0.05, 0) is 19.4 Å². The molecule has 5 rings (SSSR count). The number of aromatic amines is 1. The largest absolute Gasteiger partial charge is 0.457 e. The van der Waals surface area contributed by atoms with Crippen molar-refractivity contribution in [2.75, 3.05) is 18.1 Å². The van der Waals surface area contributed by atoms with Crippen LogP contribution in [0.2, 0.25) is 0 Å². The highest BCUT2D eigenvalue weighted by Gasteiger charge is 2.54. The first-order valence-electron chi connectivity index (χ1n) is 11.7. The van der Waals surface area contributed by atoms with Crippen molar-refractivity contribution in [1.29, 1.82) is 0 Å². The van der Waals surface area contributed by atoms with Gasteiger partial charge in [0.25, 0.3) is 5.56 Å². The predicted molar refractivity (Wildman–Crippen MR) is 137 cm³/mol. The van der Waals surface area contributed by atoms with E-state index < -0.39 is 54.4 Å². The van der Waals surface area contributed by atoms with Gasteiger partial charge in [0.15, 0.2) is 17.4 Å². The zero-order chi connectivity index (χ0) is 27.2. The van der Waals surface area contributed by atoms with E-state index in [1.54, 1.807) is 6.92 Å². The molecule has 7 atom stereocenters. The van der Waals surface area contributed by atoms with Gasteiger partial charge in [-0.2, -0.15) is 4.98 Å². The SMILES string of the molecule is C[C@@H](OC(=O)C1CS[P@@](=O)(OC[C@H]2O[C@@H](n3cnc4c(=O)[nH]c(N)nc43)[C@](C)(O)[C@@H]2O)N1)c1ccccc1. The monoisotopic (exact) mass is 566 g/mol. The van der Waals surface area contributed by atoms with Crippen LogP contribution in [-0.2, 0) is 23.4 Å². The highest BCUT2D eigenvalue weighted by atomic mass is 32.7. The Labute approximate surface area is 220 Å². The molecule has 0 amide bonds. The van der Waals surface area contributed by atoms with Gasteiger partial charge in [0.05, 0.1) is 12.9 Å². The number of rotatable bonds is 7. The Morgan fingerprint density at radius 3 is 2.89 bits per heavy atom. The second kappa shape index (κ2) is 10.1. The number of imidazole rings is 1. The number of nitrogens with one attached hydrogen (secondary N) is 2. The van der Waals surface area contributed by atoms with Gasteiger partial charge in [-0.25, -0.2) is 10.1 Å². The number of nitrogen functional groups attached to an aromatic ring is 1. The fraction of sp³-hybridized carbons (Fsp3) is 0.455. The van der Waals surface area contributed by atoms with Crippen molar-refractivity contribution < 1.29 is 33.6 Å². The van der Waals surface area contributed by atoms with Crippen LogP contribution in [0, 0.1) is 0 Å². The number of aromatic nitrogens is 4. The van der Waals surface area contributed by atoms with E-state index in [4.69, 9.17) is 19.7 Å². The molecule has 204 valence electrons. The fourth-order valence-electron chi connectivity index (χ4n) is 4.35. The number of H-pyrrole nitrogens is 1. The molecule has 2 fully saturated rings. The van der Waals surface area contributed by atoms with E-state index in [0.29, 0.717) is 0 Å². The van der Waals surface area contributed by atoms with Crippen molar-refractivity contribution in [2.24, 2.45) is 0 Å². The molecule has 2 saturated heterocycles. The van der Waals surface area contributed by atoms with Crippen LogP contribution < -0.4 is 16.4 Å². The summed E-state index contributed by atoms with van der Waals surface area (Å²) in [5.74, 6) is -0.561. The summed E-state index contributed by atoms with van der Waals surface area (Å²) in [5, 5.41) is 24.5. The lowest BCUT2D eigenvalue weighted by Gasteiger charge is -2.27. The number of carbonyl (C=O) groups excluding carboxylic acids is 1. The van der Waals surface area contributed by atoms with Crippen molar-refractivity contribution in [1.82, 2.24) is 24.6 Å². The zero-order valence-corrected chi connectivity index (χ0v) is 22.1. The van der Waals surface area contributed by atoms with Crippen molar-refractivity contribution in [2.45, 2.75) is 50.0 Å². The molecule has 2 aliphatic rings. The summed E-state index contributed by atoms with van der Waals surface area (Å²) in [7, 11) is 0. The van der Waals surface area contributed by atoms with Crippen LogP contribution in [0.4, 0.5) is 5.95 Å². The van der Waals surface area contributed by atoms with Gasteiger partial charge < -0.3 is 29.9 Å². The van der Waals surface area contributed by atoms with Gasteiger partial charge in [-0.15, -0.1) is 0 Å². The minimum Gasteiger partial charge on any atom is -0.457 e. The Kier molecular flexibility index (Phi) is 7.11. The van der Waals surface area contributed by atoms with Crippen LogP contribution >= 0.6 is 18.1 Å². The van der Waals surface area contributed by atoms with Crippen LogP contribution in [0.1, 0.15) is 31.7 Å². The Morgan fingerprint density at radius 2 is 2.16 bits per heavy atom. The van der Waals surface area contributed by atoms with Crippen LogP contribution in [0.5, 0.6) is 0 Å². The van der Waals surface area contributed by atoms with Crippen molar-refractivity contribution in [3.8, 4) is 0 Å². The smallest absolute Gasteiger partial charge is 0.327 e. The number of hydrogen-bond acceptors (Lipinski definition) is 12. The minimum atomic E-state index is -3.55. The Bertz CT molecular complexity index is 1450. The molecular weight excluding hydrogens is 539 g/mol. The molecule has 0 radical (unpaired) electrons. The molecule has 1 aromatic carbocycles. The lowest BCUT2D eigenvalue weighted by atomic mass is 9.96. The fourth-order valence-corrected chi connectivity index (χ4v) is 8.23. The average molecular weight is 567 g/mol. The van der Waals surface area contributed by atoms with Crippen LogP contribution in [0.15, 0.2) is 41.5 Å². The molecule has 0 spiro atoms. The Hall–Kier alpha value is -2.78. The summed E-state index contributed by atoms with van der Waals surface area (Å²) in [6, 6.07) is 8.37. The number of anilines is 1. The van der Waals surface area contributed by atoms with E-state index in [1.807, 2.05) is 30.3 Å². The number of aliphatic hydroxyl groups excluding tert-OH is 1. The molecule has 3 aromatic rings. The molecule has 1 unspecified atom stereocenters.